The van der Waals surface area contributed by atoms with Gasteiger partial charge in [-0.25, -0.2) is 0 Å². The lowest BCUT2D eigenvalue weighted by Crippen LogP contribution is -2.08. The van der Waals surface area contributed by atoms with Gasteiger partial charge in [0.05, 0.1) is 0 Å². The first-order valence-corrected chi connectivity index (χ1v) is 11.2. The van der Waals surface area contributed by atoms with E-state index in [9.17, 15) is 13.6 Å². The highest BCUT2D eigenvalue weighted by Crippen LogP contribution is 2.42. The highest BCUT2D eigenvalue weighted by Gasteiger charge is 2.28. The van der Waals surface area contributed by atoms with Crippen LogP contribution < -0.4 is 5.73 Å². The molecule has 4 rings (SSSR count). The van der Waals surface area contributed by atoms with Crippen molar-refractivity contribution in [3.63, 3.8) is 0 Å². The van der Waals surface area contributed by atoms with Crippen LogP contribution in [0.1, 0.15) is 55.3 Å². The number of aromatic nitrogens is 1. The summed E-state index contributed by atoms with van der Waals surface area (Å²) in [5.74, 6) is 0.388. The van der Waals surface area contributed by atoms with Crippen LogP contribution in [0.4, 0.5) is 0 Å². The highest BCUT2D eigenvalue weighted by molar-refractivity contribution is 7.79. The molecule has 1 fully saturated rings. The van der Waals surface area contributed by atoms with Crippen LogP contribution in [0.5, 0.6) is 0 Å². The monoisotopic (exact) mass is 409 g/mol. The van der Waals surface area contributed by atoms with Crippen molar-refractivity contribution in [2.45, 2.75) is 56.3 Å². The smallest absolute Gasteiger partial charge is 0.241 e. The summed E-state index contributed by atoms with van der Waals surface area (Å²) in [6.07, 6.45) is 12.6. The lowest BCUT2D eigenvalue weighted by Gasteiger charge is -2.16. The minimum absolute atomic E-state index is 0.349. The largest absolute Gasteiger partial charge is 0.768 e. The fourth-order valence-electron chi connectivity index (χ4n) is 4.42. The summed E-state index contributed by atoms with van der Waals surface area (Å²) in [6, 6.07) is 4.09. The van der Waals surface area contributed by atoms with Crippen LogP contribution in [-0.2, 0) is 28.7 Å². The van der Waals surface area contributed by atoms with Gasteiger partial charge >= 0.3 is 0 Å². The number of benzene rings is 1. The minimum atomic E-state index is -2.29. The van der Waals surface area contributed by atoms with Gasteiger partial charge in [-0.15, -0.1) is 0 Å². The Bertz CT molecular complexity index is 1050. The van der Waals surface area contributed by atoms with Crippen molar-refractivity contribution in [2.75, 3.05) is 0 Å². The van der Waals surface area contributed by atoms with Crippen molar-refractivity contribution in [1.29, 1.82) is 0 Å². The van der Waals surface area contributed by atoms with Crippen molar-refractivity contribution in [2.24, 2.45) is 11.7 Å². The SMILES string of the molecule is C/C=C\C(=C/C(N)=O)CCC1Cc2cc3cnc(C4CC4)cc3c(S(=O)[O-])c2C1. The number of pyridine rings is 1. The van der Waals surface area contributed by atoms with Gasteiger partial charge in [-0.1, -0.05) is 12.2 Å². The molecule has 0 radical (unpaired) electrons. The summed E-state index contributed by atoms with van der Waals surface area (Å²) in [4.78, 5) is 16.2. The quantitative estimate of drug-likeness (QED) is 0.427. The molecule has 1 aromatic carbocycles. The van der Waals surface area contributed by atoms with Crippen molar-refractivity contribution >= 4 is 27.8 Å². The number of rotatable bonds is 7. The molecular weight excluding hydrogens is 384 g/mol. The van der Waals surface area contributed by atoms with Gasteiger partial charge in [-0.3, -0.25) is 14.0 Å². The Labute approximate surface area is 173 Å². The van der Waals surface area contributed by atoms with Gasteiger partial charge in [0.2, 0.25) is 5.91 Å². The normalized spacial score (nSPS) is 20.3. The number of fused-ring (bicyclic) bond motifs is 2. The van der Waals surface area contributed by atoms with E-state index in [-0.39, 0.29) is 0 Å². The number of hydrogen-bond acceptors (Lipinski definition) is 4. The van der Waals surface area contributed by atoms with Gasteiger partial charge in [-0.2, -0.15) is 0 Å². The Morgan fingerprint density at radius 3 is 2.79 bits per heavy atom. The summed E-state index contributed by atoms with van der Waals surface area (Å²) in [5.41, 5.74) is 9.28. The Kier molecular flexibility index (Phi) is 5.65. The number of hydrogen-bond donors (Lipinski definition) is 1. The van der Waals surface area contributed by atoms with E-state index < -0.39 is 17.0 Å². The molecule has 2 unspecified atom stereocenters. The van der Waals surface area contributed by atoms with Crippen LogP contribution in [0.3, 0.4) is 0 Å². The maximum atomic E-state index is 12.2. The number of nitrogens with two attached hydrogens (primary N) is 1. The lowest BCUT2D eigenvalue weighted by atomic mass is 9.96. The fraction of sp³-hybridized carbons (Fsp3) is 0.391. The van der Waals surface area contributed by atoms with Gasteiger partial charge in [0.25, 0.3) is 0 Å². The van der Waals surface area contributed by atoms with Crippen molar-refractivity contribution in [3.8, 4) is 0 Å². The number of amides is 1. The average Bonchev–Trinajstić information content (AvgIpc) is 3.43. The van der Waals surface area contributed by atoms with Crippen LogP contribution in [-0.4, -0.2) is 19.7 Å². The lowest BCUT2D eigenvalue weighted by molar-refractivity contribution is -0.113. The van der Waals surface area contributed by atoms with Gasteiger partial charge in [0, 0.05) is 39.6 Å². The van der Waals surface area contributed by atoms with E-state index >= 15 is 0 Å². The molecule has 1 amide bonds. The molecule has 2 N–H and O–H groups in total. The van der Waals surface area contributed by atoms with Gasteiger partial charge in [0.1, 0.15) is 0 Å². The van der Waals surface area contributed by atoms with Crippen LogP contribution >= 0.6 is 0 Å². The second kappa shape index (κ2) is 8.20. The van der Waals surface area contributed by atoms with E-state index in [0.29, 0.717) is 16.7 Å². The third-order valence-electron chi connectivity index (χ3n) is 5.91. The summed E-state index contributed by atoms with van der Waals surface area (Å²) < 4.78 is 24.3. The third-order valence-corrected chi connectivity index (χ3v) is 6.70. The molecule has 2 aliphatic rings. The molecule has 0 aliphatic heterocycles. The average molecular weight is 410 g/mol. The molecule has 6 heteroatoms. The van der Waals surface area contributed by atoms with E-state index in [1.807, 2.05) is 31.3 Å². The number of nitrogens with zero attached hydrogens (tertiary/aromatic N) is 1. The summed E-state index contributed by atoms with van der Waals surface area (Å²) in [5, 5.41) is 1.70. The third kappa shape index (κ3) is 4.33. The van der Waals surface area contributed by atoms with E-state index in [4.69, 9.17) is 5.73 Å². The Hall–Kier alpha value is -2.31. The van der Waals surface area contributed by atoms with E-state index in [1.54, 1.807) is 0 Å². The molecule has 0 saturated heterocycles. The zero-order valence-electron chi connectivity index (χ0n) is 16.5. The van der Waals surface area contributed by atoms with Crippen LogP contribution in [0.2, 0.25) is 0 Å². The second-order valence-electron chi connectivity index (χ2n) is 8.12. The molecule has 152 valence electrons. The zero-order valence-corrected chi connectivity index (χ0v) is 17.3. The topological polar surface area (TPSA) is 96.1 Å². The van der Waals surface area contributed by atoms with Crippen molar-refractivity contribution < 1.29 is 13.6 Å². The molecule has 0 spiro atoms. The van der Waals surface area contributed by atoms with Crippen LogP contribution in [0.25, 0.3) is 10.8 Å². The first-order valence-electron chi connectivity index (χ1n) is 10.1. The minimum Gasteiger partial charge on any atom is -0.768 e. The zero-order chi connectivity index (χ0) is 20.5. The molecule has 2 atom stereocenters. The predicted molar refractivity (Wildman–Crippen MR) is 113 cm³/mol. The molecule has 29 heavy (non-hydrogen) atoms. The second-order valence-corrected chi connectivity index (χ2v) is 8.99. The molecule has 2 aliphatic carbocycles. The number of carbonyl (C=O) groups is 1. The van der Waals surface area contributed by atoms with Gasteiger partial charge in [0.15, 0.2) is 0 Å². The summed E-state index contributed by atoms with van der Waals surface area (Å²) in [6.45, 7) is 1.91. The summed E-state index contributed by atoms with van der Waals surface area (Å²) >= 11 is -2.29. The maximum Gasteiger partial charge on any atom is 0.241 e. The molecular formula is C23H25N2O3S-. The molecule has 0 bridgehead atoms. The number of allylic oxidation sites excluding steroid dienone is 3. The Morgan fingerprint density at radius 2 is 2.14 bits per heavy atom. The van der Waals surface area contributed by atoms with E-state index in [2.05, 4.69) is 11.1 Å². The van der Waals surface area contributed by atoms with Crippen molar-refractivity contribution in [3.05, 3.63) is 59.0 Å². The summed E-state index contributed by atoms with van der Waals surface area (Å²) in [7, 11) is 0. The fourth-order valence-corrected chi connectivity index (χ4v) is 5.19. The predicted octanol–water partition coefficient (Wildman–Crippen LogP) is 3.83. The van der Waals surface area contributed by atoms with Crippen LogP contribution in [0.15, 0.2) is 47.0 Å². The van der Waals surface area contributed by atoms with Crippen LogP contribution in [0, 0.1) is 5.92 Å². The number of primary amides is 1. The molecule has 1 heterocycles. The van der Waals surface area contributed by atoms with E-state index in [0.717, 1.165) is 71.7 Å². The van der Waals surface area contributed by atoms with Crippen molar-refractivity contribution in [1.82, 2.24) is 4.98 Å². The standard InChI is InChI=1S/C23H26N2O3S/c1-2-3-14(10-22(24)26)4-5-15-8-17-11-18-13-25-21(16-6-7-16)12-20(18)23(29(27)28)19(17)9-15/h2-3,10-13,15-16H,4-9H2,1H3,(H2,24,26)(H,27,28)/p-1/b3-2-,14-10+. The van der Waals surface area contributed by atoms with Gasteiger partial charge in [-0.05, 0) is 91.3 Å². The Balaban J connectivity index is 1.61. The first-order chi connectivity index (χ1) is 14.0. The molecule has 1 saturated carbocycles. The number of carbonyl (C=O) groups excluding carboxylic acids is 1. The Morgan fingerprint density at radius 1 is 1.34 bits per heavy atom. The molecule has 1 aromatic heterocycles. The first kappa shape index (κ1) is 20.0. The molecule has 2 aromatic rings. The highest BCUT2D eigenvalue weighted by atomic mass is 32.2. The molecule has 5 nitrogen and oxygen atoms in total. The maximum absolute atomic E-state index is 12.2. The van der Waals surface area contributed by atoms with E-state index in [1.165, 1.54) is 6.08 Å². The van der Waals surface area contributed by atoms with Gasteiger partial charge < -0.3 is 10.3 Å².